The highest BCUT2D eigenvalue weighted by atomic mass is 32.1. The van der Waals surface area contributed by atoms with E-state index >= 15 is 0 Å². The fourth-order valence-electron chi connectivity index (χ4n) is 3.12. The number of carbonyl (C=O) groups is 2. The van der Waals surface area contributed by atoms with Crippen molar-refractivity contribution in [2.45, 2.75) is 26.2 Å². The van der Waals surface area contributed by atoms with Crippen LogP contribution in [-0.2, 0) is 11.2 Å². The Balaban J connectivity index is 1.59. The van der Waals surface area contributed by atoms with Crippen molar-refractivity contribution in [2.75, 3.05) is 32.6 Å². The molecule has 0 bridgehead atoms. The van der Waals surface area contributed by atoms with Crippen molar-refractivity contribution >= 4 is 28.3 Å². The van der Waals surface area contributed by atoms with Gasteiger partial charge in [-0.05, 0) is 37.0 Å². The summed E-state index contributed by atoms with van der Waals surface area (Å²) in [7, 11) is 3.06. The molecule has 1 saturated heterocycles. The van der Waals surface area contributed by atoms with E-state index in [1.165, 1.54) is 18.4 Å². The first-order chi connectivity index (χ1) is 13.5. The fourth-order valence-corrected chi connectivity index (χ4v) is 3.82. The molecule has 7 nitrogen and oxygen atoms in total. The second-order valence-electron chi connectivity index (χ2n) is 6.91. The number of amides is 2. The number of likely N-dealkylation sites (tertiary alicyclic amines) is 1. The van der Waals surface area contributed by atoms with Crippen LogP contribution in [0, 0.1) is 5.92 Å². The van der Waals surface area contributed by atoms with E-state index in [1.807, 2.05) is 10.3 Å². The Morgan fingerprint density at radius 1 is 1.21 bits per heavy atom. The van der Waals surface area contributed by atoms with Crippen LogP contribution in [0.3, 0.4) is 0 Å². The summed E-state index contributed by atoms with van der Waals surface area (Å²) in [5.74, 6) is 1.52. The predicted octanol–water partition coefficient (Wildman–Crippen LogP) is 3.21. The number of carbonyl (C=O) groups excluding carboxylic acids is 2. The maximum Gasteiger partial charge on any atom is 0.257 e. The van der Waals surface area contributed by atoms with E-state index in [1.54, 1.807) is 25.3 Å². The Morgan fingerprint density at radius 2 is 1.93 bits per heavy atom. The third-order valence-electron chi connectivity index (χ3n) is 4.89. The lowest BCUT2D eigenvalue weighted by molar-refractivity contribution is -0.131. The van der Waals surface area contributed by atoms with Gasteiger partial charge in [-0.15, -0.1) is 11.3 Å². The van der Waals surface area contributed by atoms with Crippen LogP contribution in [0.2, 0.25) is 0 Å². The fraction of sp³-hybridized carbons (Fsp3) is 0.450. The van der Waals surface area contributed by atoms with Crippen LogP contribution < -0.4 is 14.8 Å². The van der Waals surface area contributed by atoms with E-state index in [9.17, 15) is 9.59 Å². The summed E-state index contributed by atoms with van der Waals surface area (Å²) in [5, 5.41) is 5.05. The molecule has 1 aliphatic rings. The monoisotopic (exact) mass is 403 g/mol. The van der Waals surface area contributed by atoms with Crippen LogP contribution in [0.15, 0.2) is 23.6 Å². The third kappa shape index (κ3) is 4.81. The van der Waals surface area contributed by atoms with Crippen LogP contribution in [-0.4, -0.2) is 49.0 Å². The van der Waals surface area contributed by atoms with Crippen molar-refractivity contribution in [2.24, 2.45) is 5.92 Å². The zero-order valence-corrected chi connectivity index (χ0v) is 17.2. The van der Waals surface area contributed by atoms with E-state index < -0.39 is 0 Å². The molecule has 0 unspecified atom stereocenters. The third-order valence-corrected chi connectivity index (χ3v) is 5.69. The van der Waals surface area contributed by atoms with Gasteiger partial charge in [-0.25, -0.2) is 4.98 Å². The van der Waals surface area contributed by atoms with Crippen LogP contribution in [0.5, 0.6) is 11.5 Å². The smallest absolute Gasteiger partial charge is 0.257 e. The first-order valence-electron chi connectivity index (χ1n) is 9.25. The standard InChI is InChI=1S/C20H25N3O4S/c1-13-6-8-23(9-7-13)18(24)11-15-12-28-20(21-15)22-19(25)14-4-5-16(26-2)17(10-14)27-3/h4-5,10,12-13H,6-9,11H2,1-3H3,(H,21,22,25). The number of hydrogen-bond donors (Lipinski definition) is 1. The van der Waals surface area contributed by atoms with Crippen molar-refractivity contribution in [3.05, 3.63) is 34.8 Å². The van der Waals surface area contributed by atoms with Gasteiger partial charge >= 0.3 is 0 Å². The number of thiazole rings is 1. The lowest BCUT2D eigenvalue weighted by atomic mass is 9.99. The van der Waals surface area contributed by atoms with E-state index in [0.717, 1.165) is 25.9 Å². The van der Waals surface area contributed by atoms with Gasteiger partial charge in [0.2, 0.25) is 5.91 Å². The van der Waals surface area contributed by atoms with Gasteiger partial charge in [0, 0.05) is 24.0 Å². The van der Waals surface area contributed by atoms with Crippen molar-refractivity contribution in [3.63, 3.8) is 0 Å². The number of ether oxygens (including phenoxy) is 2. The molecule has 1 aromatic heterocycles. The lowest BCUT2D eigenvalue weighted by Crippen LogP contribution is -2.38. The van der Waals surface area contributed by atoms with Gasteiger partial charge < -0.3 is 14.4 Å². The molecule has 0 radical (unpaired) electrons. The molecule has 1 aliphatic heterocycles. The molecule has 2 aromatic rings. The SMILES string of the molecule is COc1ccc(C(=O)Nc2nc(CC(=O)N3CCC(C)CC3)cs2)cc1OC. The van der Waals surface area contributed by atoms with Gasteiger partial charge in [0.05, 0.1) is 26.3 Å². The number of benzene rings is 1. The molecule has 0 atom stereocenters. The first kappa shape index (κ1) is 20.1. The number of nitrogens with one attached hydrogen (secondary N) is 1. The summed E-state index contributed by atoms with van der Waals surface area (Å²) < 4.78 is 10.4. The maximum atomic E-state index is 12.5. The van der Waals surface area contributed by atoms with Gasteiger partial charge in [-0.2, -0.15) is 0 Å². The average Bonchev–Trinajstić information content (AvgIpc) is 3.14. The topological polar surface area (TPSA) is 80.8 Å². The lowest BCUT2D eigenvalue weighted by Gasteiger charge is -2.30. The highest BCUT2D eigenvalue weighted by Crippen LogP contribution is 2.28. The quantitative estimate of drug-likeness (QED) is 0.801. The summed E-state index contributed by atoms with van der Waals surface area (Å²) in [6.07, 6.45) is 2.36. The molecule has 3 rings (SSSR count). The van der Waals surface area contributed by atoms with Crippen LogP contribution >= 0.6 is 11.3 Å². The van der Waals surface area contributed by atoms with E-state index in [4.69, 9.17) is 9.47 Å². The number of methoxy groups -OCH3 is 2. The molecule has 2 heterocycles. The number of piperidine rings is 1. The van der Waals surface area contributed by atoms with Crippen LogP contribution in [0.1, 0.15) is 35.8 Å². The van der Waals surface area contributed by atoms with Crippen molar-refractivity contribution in [1.82, 2.24) is 9.88 Å². The molecule has 8 heteroatoms. The van der Waals surface area contributed by atoms with E-state index in [-0.39, 0.29) is 18.2 Å². The zero-order valence-electron chi connectivity index (χ0n) is 16.4. The van der Waals surface area contributed by atoms with Gasteiger partial charge in [0.1, 0.15) is 0 Å². The molecule has 150 valence electrons. The highest BCUT2D eigenvalue weighted by Gasteiger charge is 2.21. The molecular formula is C20H25N3O4S. The molecule has 0 spiro atoms. The predicted molar refractivity (Wildman–Crippen MR) is 108 cm³/mol. The zero-order chi connectivity index (χ0) is 20.1. The Bertz CT molecular complexity index is 844. The average molecular weight is 404 g/mol. The molecule has 28 heavy (non-hydrogen) atoms. The highest BCUT2D eigenvalue weighted by molar-refractivity contribution is 7.14. The normalized spacial score (nSPS) is 14.6. The minimum atomic E-state index is -0.293. The van der Waals surface area contributed by atoms with E-state index in [2.05, 4.69) is 17.2 Å². The van der Waals surface area contributed by atoms with Crippen molar-refractivity contribution in [1.29, 1.82) is 0 Å². The van der Waals surface area contributed by atoms with Crippen molar-refractivity contribution in [3.8, 4) is 11.5 Å². The number of aromatic nitrogens is 1. The minimum Gasteiger partial charge on any atom is -0.493 e. The second-order valence-corrected chi connectivity index (χ2v) is 7.77. The van der Waals surface area contributed by atoms with Crippen LogP contribution in [0.4, 0.5) is 5.13 Å². The Hall–Kier alpha value is -2.61. The van der Waals surface area contributed by atoms with Gasteiger partial charge in [-0.1, -0.05) is 6.92 Å². The molecule has 0 saturated carbocycles. The van der Waals surface area contributed by atoms with Crippen molar-refractivity contribution < 1.29 is 19.1 Å². The first-order valence-corrected chi connectivity index (χ1v) is 10.1. The maximum absolute atomic E-state index is 12.5. The molecule has 1 N–H and O–H groups in total. The molecular weight excluding hydrogens is 378 g/mol. The summed E-state index contributed by atoms with van der Waals surface area (Å²) >= 11 is 1.31. The molecule has 2 amide bonds. The van der Waals surface area contributed by atoms with Crippen LogP contribution in [0.25, 0.3) is 0 Å². The van der Waals surface area contributed by atoms with Gasteiger partial charge in [0.25, 0.3) is 5.91 Å². The van der Waals surface area contributed by atoms with Gasteiger partial charge in [0.15, 0.2) is 16.6 Å². The van der Waals surface area contributed by atoms with Gasteiger partial charge in [-0.3, -0.25) is 14.9 Å². The minimum absolute atomic E-state index is 0.0926. The summed E-state index contributed by atoms with van der Waals surface area (Å²) in [5.41, 5.74) is 1.11. The largest absolute Gasteiger partial charge is 0.493 e. The second kappa shape index (κ2) is 9.05. The molecule has 1 aromatic carbocycles. The number of rotatable bonds is 6. The van der Waals surface area contributed by atoms with E-state index in [0.29, 0.717) is 33.8 Å². The number of anilines is 1. The molecule has 1 fully saturated rings. The Kier molecular flexibility index (Phi) is 6.51. The Morgan fingerprint density at radius 3 is 2.61 bits per heavy atom. The summed E-state index contributed by atoms with van der Waals surface area (Å²) in [6, 6.07) is 4.95. The summed E-state index contributed by atoms with van der Waals surface area (Å²) in [6.45, 7) is 3.84. The molecule has 0 aliphatic carbocycles. The number of nitrogens with zero attached hydrogens (tertiary/aromatic N) is 2. The number of hydrogen-bond acceptors (Lipinski definition) is 6. The summed E-state index contributed by atoms with van der Waals surface area (Å²) in [4.78, 5) is 31.2. The Labute approximate surface area is 168 Å².